The second-order valence-corrected chi connectivity index (χ2v) is 6.06. The summed E-state index contributed by atoms with van der Waals surface area (Å²) in [6.45, 7) is 1.98. The largest absolute Gasteiger partial charge is 0.433 e. The second-order valence-electron chi connectivity index (χ2n) is 4.78. The molecule has 0 radical (unpaired) electrons. The van der Waals surface area contributed by atoms with E-state index in [2.05, 4.69) is 15.1 Å². The zero-order valence-electron chi connectivity index (χ0n) is 12.3. The summed E-state index contributed by atoms with van der Waals surface area (Å²) in [5, 5.41) is 4.32. The summed E-state index contributed by atoms with van der Waals surface area (Å²) in [7, 11) is 1.71. The number of alkyl halides is 3. The van der Waals surface area contributed by atoms with E-state index in [1.165, 1.54) is 20.8 Å². The first-order chi connectivity index (χ1) is 10.8. The molecule has 0 aliphatic carbocycles. The lowest BCUT2D eigenvalue weighted by Crippen LogP contribution is -2.08. The number of halogens is 3. The van der Waals surface area contributed by atoms with Gasteiger partial charge in [0.1, 0.15) is 34.9 Å². The van der Waals surface area contributed by atoms with Crippen LogP contribution in [0.3, 0.4) is 0 Å². The SMILES string of the molecule is CCSc1c(-c2cn3cnc(C(F)(F)F)cc3n2)nn(C)c1N. The molecule has 0 saturated carbocycles. The molecular formula is C13H13F3N6S. The van der Waals surface area contributed by atoms with Crippen LogP contribution < -0.4 is 5.73 Å². The Morgan fingerprint density at radius 1 is 1.35 bits per heavy atom. The summed E-state index contributed by atoms with van der Waals surface area (Å²) in [4.78, 5) is 8.41. The maximum Gasteiger partial charge on any atom is 0.433 e. The standard InChI is InChI=1S/C13H13F3N6S/c1-3-23-11-10(20-21(2)12(11)17)7-5-22-6-18-8(13(14,15)16)4-9(22)19-7/h4-6H,3,17H2,1-2H3. The van der Waals surface area contributed by atoms with Crippen molar-refractivity contribution in [3.63, 3.8) is 0 Å². The number of anilines is 1. The monoisotopic (exact) mass is 342 g/mol. The van der Waals surface area contributed by atoms with Crippen molar-refractivity contribution in [3.05, 3.63) is 24.3 Å². The molecule has 0 saturated heterocycles. The van der Waals surface area contributed by atoms with Crippen LogP contribution in [0.2, 0.25) is 0 Å². The second kappa shape index (κ2) is 5.44. The van der Waals surface area contributed by atoms with E-state index in [1.54, 1.807) is 13.2 Å². The van der Waals surface area contributed by atoms with Crippen LogP contribution in [0.25, 0.3) is 17.0 Å². The fourth-order valence-corrected chi connectivity index (χ4v) is 2.98. The lowest BCUT2D eigenvalue weighted by atomic mass is 10.3. The molecule has 3 aromatic heterocycles. The average Bonchev–Trinajstić information content (AvgIpc) is 3.02. The van der Waals surface area contributed by atoms with Crippen molar-refractivity contribution in [2.24, 2.45) is 7.05 Å². The third-order valence-corrected chi connectivity index (χ3v) is 4.20. The third kappa shape index (κ3) is 2.74. The Morgan fingerprint density at radius 2 is 2.09 bits per heavy atom. The highest BCUT2D eigenvalue weighted by molar-refractivity contribution is 7.99. The Balaban J connectivity index is 2.13. The Hall–Kier alpha value is -2.23. The van der Waals surface area contributed by atoms with Crippen LogP contribution in [-0.2, 0) is 13.2 Å². The fourth-order valence-electron chi connectivity index (χ4n) is 2.13. The van der Waals surface area contributed by atoms with Crippen LogP contribution in [0, 0.1) is 0 Å². The van der Waals surface area contributed by atoms with Gasteiger partial charge < -0.3 is 5.73 Å². The number of aromatic nitrogens is 5. The number of nitrogen functional groups attached to an aromatic ring is 1. The first-order valence-electron chi connectivity index (χ1n) is 6.69. The topological polar surface area (TPSA) is 74.0 Å². The number of nitrogens with zero attached hydrogens (tertiary/aromatic N) is 5. The number of imidazole rings is 1. The van der Waals surface area contributed by atoms with Gasteiger partial charge in [0, 0.05) is 19.3 Å². The Kier molecular flexibility index (Phi) is 3.71. The third-order valence-electron chi connectivity index (χ3n) is 3.22. The molecule has 10 heteroatoms. The number of hydrogen-bond donors (Lipinski definition) is 1. The van der Waals surface area contributed by atoms with Gasteiger partial charge in [-0.3, -0.25) is 9.08 Å². The lowest BCUT2D eigenvalue weighted by Gasteiger charge is -2.04. The summed E-state index contributed by atoms with van der Waals surface area (Å²) in [6.07, 6.45) is -1.83. The maximum absolute atomic E-state index is 12.7. The number of thioether (sulfide) groups is 1. The Morgan fingerprint density at radius 3 is 2.74 bits per heavy atom. The molecule has 3 aromatic rings. The van der Waals surface area contributed by atoms with Crippen molar-refractivity contribution in [1.29, 1.82) is 0 Å². The van der Waals surface area contributed by atoms with Gasteiger partial charge in [-0.15, -0.1) is 11.8 Å². The van der Waals surface area contributed by atoms with E-state index in [4.69, 9.17) is 5.73 Å². The van der Waals surface area contributed by atoms with Crippen molar-refractivity contribution >= 4 is 23.2 Å². The number of aryl methyl sites for hydroxylation is 1. The predicted molar refractivity (Wildman–Crippen MR) is 81.0 cm³/mol. The summed E-state index contributed by atoms with van der Waals surface area (Å²) in [5.74, 6) is 1.29. The summed E-state index contributed by atoms with van der Waals surface area (Å²) < 4.78 is 41.1. The smallest absolute Gasteiger partial charge is 0.383 e. The van der Waals surface area contributed by atoms with Gasteiger partial charge in [-0.2, -0.15) is 18.3 Å². The molecule has 3 rings (SSSR count). The van der Waals surface area contributed by atoms with E-state index in [0.29, 0.717) is 17.2 Å². The van der Waals surface area contributed by atoms with Gasteiger partial charge in [0.2, 0.25) is 0 Å². The minimum Gasteiger partial charge on any atom is -0.383 e. The highest BCUT2D eigenvalue weighted by Gasteiger charge is 2.33. The molecular weight excluding hydrogens is 329 g/mol. The van der Waals surface area contributed by atoms with Crippen LogP contribution in [0.1, 0.15) is 12.6 Å². The normalized spacial score (nSPS) is 12.2. The lowest BCUT2D eigenvalue weighted by molar-refractivity contribution is -0.141. The molecule has 122 valence electrons. The van der Waals surface area contributed by atoms with Gasteiger partial charge >= 0.3 is 6.18 Å². The Labute approximate surface area is 133 Å². The molecule has 0 fully saturated rings. The predicted octanol–water partition coefficient (Wildman–Crippen LogP) is 2.84. The van der Waals surface area contributed by atoms with Crippen molar-refractivity contribution in [2.45, 2.75) is 18.0 Å². The molecule has 0 spiro atoms. The van der Waals surface area contributed by atoms with Gasteiger partial charge in [0.05, 0.1) is 4.90 Å². The van der Waals surface area contributed by atoms with E-state index in [0.717, 1.165) is 23.0 Å². The average molecular weight is 342 g/mol. The molecule has 23 heavy (non-hydrogen) atoms. The summed E-state index contributed by atoms with van der Waals surface area (Å²) >= 11 is 1.51. The van der Waals surface area contributed by atoms with Crippen molar-refractivity contribution in [2.75, 3.05) is 11.5 Å². The van der Waals surface area contributed by atoms with Gasteiger partial charge in [0.25, 0.3) is 0 Å². The molecule has 0 atom stereocenters. The number of rotatable bonds is 3. The minimum atomic E-state index is -4.51. The summed E-state index contributed by atoms with van der Waals surface area (Å²) in [6, 6.07) is 0.905. The van der Waals surface area contributed by atoms with Gasteiger partial charge in [-0.25, -0.2) is 9.97 Å². The zero-order chi connectivity index (χ0) is 16.8. The van der Waals surface area contributed by atoms with Gasteiger partial charge in [-0.1, -0.05) is 6.92 Å². The van der Waals surface area contributed by atoms with E-state index in [-0.39, 0.29) is 5.65 Å². The molecule has 2 N–H and O–H groups in total. The van der Waals surface area contributed by atoms with Gasteiger partial charge in [-0.05, 0) is 5.75 Å². The van der Waals surface area contributed by atoms with Crippen molar-refractivity contribution in [3.8, 4) is 11.4 Å². The molecule has 3 heterocycles. The quantitative estimate of drug-likeness (QED) is 0.741. The highest BCUT2D eigenvalue weighted by atomic mass is 32.2. The van der Waals surface area contributed by atoms with Gasteiger partial charge in [0.15, 0.2) is 0 Å². The minimum absolute atomic E-state index is 0.152. The van der Waals surface area contributed by atoms with Crippen LogP contribution in [0.5, 0.6) is 0 Å². The van der Waals surface area contributed by atoms with E-state index < -0.39 is 11.9 Å². The Bertz CT molecular complexity index is 867. The van der Waals surface area contributed by atoms with Crippen LogP contribution >= 0.6 is 11.8 Å². The van der Waals surface area contributed by atoms with Crippen LogP contribution in [0.15, 0.2) is 23.5 Å². The van der Waals surface area contributed by atoms with Crippen molar-refractivity contribution in [1.82, 2.24) is 24.1 Å². The molecule has 0 unspecified atom stereocenters. The number of fused-ring (bicyclic) bond motifs is 1. The van der Waals surface area contributed by atoms with Crippen LogP contribution in [-0.4, -0.2) is 29.9 Å². The molecule has 6 nitrogen and oxygen atoms in total. The number of hydrogen-bond acceptors (Lipinski definition) is 5. The molecule has 0 aliphatic heterocycles. The number of nitrogens with two attached hydrogens (primary N) is 1. The molecule has 0 aromatic carbocycles. The van der Waals surface area contributed by atoms with Crippen LogP contribution in [0.4, 0.5) is 19.0 Å². The van der Waals surface area contributed by atoms with E-state index in [1.807, 2.05) is 6.92 Å². The fraction of sp³-hybridized carbons (Fsp3) is 0.308. The summed E-state index contributed by atoms with van der Waals surface area (Å²) in [5.41, 5.74) is 6.16. The van der Waals surface area contributed by atoms with E-state index >= 15 is 0 Å². The van der Waals surface area contributed by atoms with E-state index in [9.17, 15) is 13.2 Å². The first kappa shape index (κ1) is 15.7. The molecule has 0 bridgehead atoms. The zero-order valence-corrected chi connectivity index (χ0v) is 13.1. The highest BCUT2D eigenvalue weighted by Crippen LogP contribution is 2.35. The molecule has 0 aliphatic rings. The molecule has 0 amide bonds. The first-order valence-corrected chi connectivity index (χ1v) is 7.67. The maximum atomic E-state index is 12.7. The van der Waals surface area contributed by atoms with Crippen molar-refractivity contribution < 1.29 is 13.2 Å².